The molecule has 59 heavy (non-hydrogen) atoms. The molecule has 1 atom stereocenters. The van der Waals surface area contributed by atoms with Gasteiger partial charge in [0.1, 0.15) is 13.2 Å². The predicted molar refractivity (Wildman–Crippen MR) is 252 cm³/mol. The standard InChI is InChI=1S/C53H102O6/c1-5-7-9-11-13-15-17-25-28-32-36-40-44-51(54)57-47-50(59-53(56)46-42-38-34-30-23-16-14-12-10-8-6-2)48-58-52(55)45-41-37-33-29-26-22-20-18-19-21-24-27-31-35-39-43-49(3)4/h49-50H,5-48H2,1-4H3/t50-/m1/s1. The van der Waals surface area contributed by atoms with Crippen molar-refractivity contribution in [3.8, 4) is 0 Å². The third kappa shape index (κ3) is 47.3. The van der Waals surface area contributed by atoms with Crippen LogP contribution in [0.5, 0.6) is 0 Å². The maximum Gasteiger partial charge on any atom is 0.306 e. The molecule has 0 heterocycles. The van der Waals surface area contributed by atoms with Crippen LogP contribution in [0, 0.1) is 5.92 Å². The van der Waals surface area contributed by atoms with E-state index in [1.165, 1.54) is 193 Å². The van der Waals surface area contributed by atoms with E-state index < -0.39 is 6.10 Å². The van der Waals surface area contributed by atoms with Crippen molar-refractivity contribution in [2.75, 3.05) is 13.2 Å². The summed E-state index contributed by atoms with van der Waals surface area (Å²) in [5.41, 5.74) is 0. The second-order valence-corrected chi connectivity index (χ2v) is 18.6. The Morgan fingerprint density at radius 3 is 0.831 bits per heavy atom. The lowest BCUT2D eigenvalue weighted by Gasteiger charge is -2.18. The minimum absolute atomic E-state index is 0.0625. The number of carbonyl (C=O) groups excluding carboxylic acids is 3. The average molecular weight is 835 g/mol. The molecule has 0 aliphatic rings. The molecule has 0 spiro atoms. The van der Waals surface area contributed by atoms with Gasteiger partial charge in [0.15, 0.2) is 6.10 Å². The van der Waals surface area contributed by atoms with Crippen molar-refractivity contribution in [2.24, 2.45) is 5.92 Å². The molecule has 0 rings (SSSR count). The minimum Gasteiger partial charge on any atom is -0.462 e. The molecule has 0 aliphatic heterocycles. The molecule has 0 saturated carbocycles. The molecule has 0 aromatic carbocycles. The summed E-state index contributed by atoms with van der Waals surface area (Å²) in [6, 6.07) is 0. The third-order valence-corrected chi connectivity index (χ3v) is 12.0. The summed E-state index contributed by atoms with van der Waals surface area (Å²) in [5.74, 6) is 0.00570. The van der Waals surface area contributed by atoms with E-state index in [-0.39, 0.29) is 31.1 Å². The van der Waals surface area contributed by atoms with Crippen molar-refractivity contribution >= 4 is 17.9 Å². The molecular weight excluding hydrogens is 733 g/mol. The van der Waals surface area contributed by atoms with E-state index in [0.29, 0.717) is 19.3 Å². The van der Waals surface area contributed by atoms with Gasteiger partial charge in [-0.2, -0.15) is 0 Å². The highest BCUT2D eigenvalue weighted by Gasteiger charge is 2.19. The van der Waals surface area contributed by atoms with Crippen molar-refractivity contribution in [3.05, 3.63) is 0 Å². The van der Waals surface area contributed by atoms with Crippen LogP contribution in [0.3, 0.4) is 0 Å². The Labute approximate surface area is 368 Å². The summed E-state index contributed by atoms with van der Waals surface area (Å²) in [5, 5.41) is 0. The van der Waals surface area contributed by atoms with Crippen molar-refractivity contribution < 1.29 is 28.6 Å². The Hall–Kier alpha value is -1.59. The van der Waals surface area contributed by atoms with Gasteiger partial charge in [0.2, 0.25) is 0 Å². The fraction of sp³-hybridized carbons (Fsp3) is 0.943. The number of hydrogen-bond acceptors (Lipinski definition) is 6. The topological polar surface area (TPSA) is 78.9 Å². The van der Waals surface area contributed by atoms with Crippen molar-refractivity contribution in [1.82, 2.24) is 0 Å². The molecule has 0 aliphatic carbocycles. The number of ether oxygens (including phenoxy) is 3. The first kappa shape index (κ1) is 57.4. The van der Waals surface area contributed by atoms with E-state index in [0.717, 1.165) is 63.7 Å². The van der Waals surface area contributed by atoms with E-state index in [9.17, 15) is 14.4 Å². The van der Waals surface area contributed by atoms with Gasteiger partial charge in [-0.1, -0.05) is 259 Å². The zero-order valence-corrected chi connectivity index (χ0v) is 40.2. The molecular formula is C53H102O6. The Bertz CT molecular complexity index is 887. The molecule has 6 heteroatoms. The van der Waals surface area contributed by atoms with Crippen molar-refractivity contribution in [2.45, 2.75) is 303 Å². The second kappa shape index (κ2) is 47.5. The average Bonchev–Trinajstić information content (AvgIpc) is 3.22. The minimum atomic E-state index is -0.760. The first-order valence-corrected chi connectivity index (χ1v) is 26.4. The normalized spacial score (nSPS) is 11.9. The van der Waals surface area contributed by atoms with Crippen molar-refractivity contribution in [3.63, 3.8) is 0 Å². The van der Waals surface area contributed by atoms with Gasteiger partial charge in [0, 0.05) is 19.3 Å². The Kier molecular flexibility index (Phi) is 46.2. The first-order chi connectivity index (χ1) is 28.9. The highest BCUT2D eigenvalue weighted by Crippen LogP contribution is 2.17. The Balaban J connectivity index is 4.25. The summed E-state index contributed by atoms with van der Waals surface area (Å²) >= 11 is 0. The molecule has 0 unspecified atom stereocenters. The van der Waals surface area contributed by atoms with Gasteiger partial charge in [0.25, 0.3) is 0 Å². The largest absolute Gasteiger partial charge is 0.462 e. The lowest BCUT2D eigenvalue weighted by Crippen LogP contribution is -2.30. The third-order valence-electron chi connectivity index (χ3n) is 12.0. The molecule has 0 saturated heterocycles. The lowest BCUT2D eigenvalue weighted by molar-refractivity contribution is -0.167. The summed E-state index contributed by atoms with van der Waals surface area (Å²) in [6.07, 6.45) is 49.4. The van der Waals surface area contributed by atoms with Crippen LogP contribution >= 0.6 is 0 Å². The SMILES string of the molecule is CCCCCCCCCCCCCCC(=O)OC[C@H](COC(=O)CCCCCCCCCCCCCCCCCC(C)C)OC(=O)CCCCCCCCCCCCC. The molecule has 0 N–H and O–H groups in total. The molecule has 0 radical (unpaired) electrons. The van der Waals surface area contributed by atoms with Crippen molar-refractivity contribution in [1.29, 1.82) is 0 Å². The molecule has 0 aromatic rings. The van der Waals surface area contributed by atoms with Crippen LogP contribution in [0.1, 0.15) is 297 Å². The monoisotopic (exact) mass is 835 g/mol. The van der Waals surface area contributed by atoms with Gasteiger partial charge in [0.05, 0.1) is 0 Å². The summed E-state index contributed by atoms with van der Waals surface area (Å²) in [4.78, 5) is 37.9. The first-order valence-electron chi connectivity index (χ1n) is 26.4. The second-order valence-electron chi connectivity index (χ2n) is 18.6. The molecule has 0 amide bonds. The lowest BCUT2D eigenvalue weighted by atomic mass is 10.0. The van der Waals surface area contributed by atoms with E-state index in [2.05, 4.69) is 27.7 Å². The smallest absolute Gasteiger partial charge is 0.306 e. The maximum atomic E-state index is 12.8. The highest BCUT2D eigenvalue weighted by molar-refractivity contribution is 5.71. The van der Waals surface area contributed by atoms with Crippen LogP contribution < -0.4 is 0 Å². The molecule has 350 valence electrons. The van der Waals surface area contributed by atoms with Crippen LogP contribution in [0.15, 0.2) is 0 Å². The van der Waals surface area contributed by atoms with Gasteiger partial charge in [-0.05, 0) is 25.2 Å². The van der Waals surface area contributed by atoms with Crippen LogP contribution in [-0.2, 0) is 28.6 Å². The number of carbonyl (C=O) groups is 3. The fourth-order valence-corrected chi connectivity index (χ4v) is 8.04. The van der Waals surface area contributed by atoms with Gasteiger partial charge < -0.3 is 14.2 Å². The summed E-state index contributed by atoms with van der Waals surface area (Å²) < 4.78 is 16.8. The van der Waals surface area contributed by atoms with E-state index in [4.69, 9.17) is 14.2 Å². The van der Waals surface area contributed by atoms with Gasteiger partial charge in [-0.15, -0.1) is 0 Å². The Morgan fingerprint density at radius 1 is 0.322 bits per heavy atom. The molecule has 0 aromatic heterocycles. The van der Waals surface area contributed by atoms with Crippen LogP contribution in [0.4, 0.5) is 0 Å². The quantitative estimate of drug-likeness (QED) is 0.0345. The van der Waals surface area contributed by atoms with E-state index >= 15 is 0 Å². The van der Waals surface area contributed by atoms with Gasteiger partial charge in [-0.3, -0.25) is 14.4 Å². The maximum absolute atomic E-state index is 12.8. The van der Waals surface area contributed by atoms with E-state index in [1.54, 1.807) is 0 Å². The zero-order valence-electron chi connectivity index (χ0n) is 40.2. The van der Waals surface area contributed by atoms with Crippen LogP contribution in [0.2, 0.25) is 0 Å². The predicted octanol–water partition coefficient (Wildman–Crippen LogP) is 17.1. The fourth-order valence-electron chi connectivity index (χ4n) is 8.04. The van der Waals surface area contributed by atoms with E-state index in [1.807, 2.05) is 0 Å². The summed E-state index contributed by atoms with van der Waals surface area (Å²) in [6.45, 7) is 9.03. The molecule has 6 nitrogen and oxygen atoms in total. The highest BCUT2D eigenvalue weighted by atomic mass is 16.6. The molecule has 0 bridgehead atoms. The van der Waals surface area contributed by atoms with Crippen LogP contribution in [0.25, 0.3) is 0 Å². The number of unbranched alkanes of at least 4 members (excludes halogenated alkanes) is 35. The van der Waals surface area contributed by atoms with Crippen LogP contribution in [-0.4, -0.2) is 37.2 Å². The Morgan fingerprint density at radius 2 is 0.559 bits per heavy atom. The zero-order chi connectivity index (χ0) is 43.1. The summed E-state index contributed by atoms with van der Waals surface area (Å²) in [7, 11) is 0. The number of esters is 3. The number of rotatable bonds is 48. The number of hydrogen-bond donors (Lipinski definition) is 0. The van der Waals surface area contributed by atoms with Gasteiger partial charge >= 0.3 is 17.9 Å². The van der Waals surface area contributed by atoms with Gasteiger partial charge in [-0.25, -0.2) is 0 Å². The molecule has 0 fully saturated rings.